The zero-order valence-corrected chi connectivity index (χ0v) is 11.3. The fourth-order valence-corrected chi connectivity index (χ4v) is 2.83. The van der Waals surface area contributed by atoms with Gasteiger partial charge in [-0.1, -0.05) is 18.6 Å². The van der Waals surface area contributed by atoms with Crippen LogP contribution in [0, 0.1) is 12.7 Å². The average molecular weight is 250 g/mol. The molecule has 0 heterocycles. The summed E-state index contributed by atoms with van der Waals surface area (Å²) in [4.78, 5) is 0. The van der Waals surface area contributed by atoms with Crippen LogP contribution in [0.25, 0.3) is 5.57 Å². The third-order valence-electron chi connectivity index (χ3n) is 3.85. The van der Waals surface area contributed by atoms with Crippen LogP contribution in [0.15, 0.2) is 23.8 Å². The van der Waals surface area contributed by atoms with Gasteiger partial charge in [0.15, 0.2) is 0 Å². The Balaban J connectivity index is 2.45. The molecule has 1 aromatic rings. The number of allylic oxidation sites excluding steroid dienone is 2. The van der Waals surface area contributed by atoms with Crippen LogP contribution in [-0.2, 0) is 0 Å². The van der Waals surface area contributed by atoms with Crippen molar-refractivity contribution in [1.82, 2.24) is 0 Å². The third kappa shape index (κ3) is 2.63. The van der Waals surface area contributed by atoms with Crippen molar-refractivity contribution in [3.8, 4) is 0 Å². The van der Waals surface area contributed by atoms with Crippen molar-refractivity contribution < 1.29 is 8.78 Å². The monoisotopic (exact) mass is 250 g/mol. The molecule has 0 aromatic heterocycles. The zero-order valence-electron chi connectivity index (χ0n) is 11.3. The number of alkyl halides is 1. The minimum atomic E-state index is -1.08. The second-order valence-electron chi connectivity index (χ2n) is 5.49. The number of hydrogen-bond donors (Lipinski definition) is 0. The second-order valence-corrected chi connectivity index (χ2v) is 5.49. The highest BCUT2D eigenvalue weighted by molar-refractivity contribution is 5.72. The Kier molecular flexibility index (Phi) is 3.56. The predicted molar refractivity (Wildman–Crippen MR) is 71.7 cm³/mol. The Morgan fingerprint density at radius 2 is 2.06 bits per heavy atom. The van der Waals surface area contributed by atoms with Crippen molar-refractivity contribution >= 4 is 5.57 Å². The largest absolute Gasteiger partial charge is 0.244 e. The normalized spacial score (nSPS) is 24.5. The first kappa shape index (κ1) is 13.3. The first-order chi connectivity index (χ1) is 8.43. The molecule has 2 rings (SSSR count). The summed E-state index contributed by atoms with van der Waals surface area (Å²) in [5, 5.41) is 0. The smallest absolute Gasteiger partial charge is 0.123 e. The molecule has 1 aliphatic rings. The molecular formula is C16H20F2. The lowest BCUT2D eigenvalue weighted by Gasteiger charge is -2.30. The van der Waals surface area contributed by atoms with Crippen molar-refractivity contribution in [1.29, 1.82) is 0 Å². The number of hydrogen-bond acceptors (Lipinski definition) is 0. The van der Waals surface area contributed by atoms with Crippen molar-refractivity contribution in [2.75, 3.05) is 0 Å². The Labute approximate surface area is 108 Å². The summed E-state index contributed by atoms with van der Waals surface area (Å²) in [5.41, 5.74) is 3.36. The topological polar surface area (TPSA) is 0 Å². The van der Waals surface area contributed by atoms with Gasteiger partial charge in [0.2, 0.25) is 0 Å². The van der Waals surface area contributed by atoms with Gasteiger partial charge in [-0.2, -0.15) is 0 Å². The molecule has 0 bridgehead atoms. The van der Waals surface area contributed by atoms with E-state index in [1.54, 1.807) is 13.0 Å². The molecule has 18 heavy (non-hydrogen) atoms. The van der Waals surface area contributed by atoms with Gasteiger partial charge in [0.25, 0.3) is 0 Å². The highest BCUT2D eigenvalue weighted by Crippen LogP contribution is 2.41. The van der Waals surface area contributed by atoms with Gasteiger partial charge < -0.3 is 0 Å². The van der Waals surface area contributed by atoms with Crippen LogP contribution in [0.5, 0.6) is 0 Å². The van der Waals surface area contributed by atoms with Gasteiger partial charge in [-0.05, 0) is 61.9 Å². The van der Waals surface area contributed by atoms with Crippen molar-refractivity contribution in [2.45, 2.75) is 52.1 Å². The first-order valence-corrected chi connectivity index (χ1v) is 6.59. The molecule has 0 nitrogen and oxygen atoms in total. The van der Waals surface area contributed by atoms with E-state index in [4.69, 9.17) is 0 Å². The van der Waals surface area contributed by atoms with E-state index < -0.39 is 5.67 Å². The summed E-state index contributed by atoms with van der Waals surface area (Å²) in [6.45, 7) is 5.66. The molecule has 0 N–H and O–H groups in total. The predicted octanol–water partition coefficient (Wildman–Crippen LogP) is 5.21. The molecule has 98 valence electrons. The fraction of sp³-hybridized carbons (Fsp3) is 0.500. The molecule has 0 amide bonds. The molecule has 0 saturated heterocycles. The summed E-state index contributed by atoms with van der Waals surface area (Å²) in [6.07, 6.45) is 2.69. The molecule has 0 spiro atoms. The first-order valence-electron chi connectivity index (χ1n) is 6.59. The van der Waals surface area contributed by atoms with E-state index in [1.807, 2.05) is 13.0 Å². The van der Waals surface area contributed by atoms with E-state index in [2.05, 4.69) is 6.92 Å². The molecule has 1 aliphatic carbocycles. The highest BCUT2D eigenvalue weighted by Gasteiger charge is 2.30. The van der Waals surface area contributed by atoms with E-state index >= 15 is 0 Å². The van der Waals surface area contributed by atoms with Crippen LogP contribution in [0.1, 0.15) is 50.7 Å². The van der Waals surface area contributed by atoms with Crippen molar-refractivity contribution in [2.24, 2.45) is 0 Å². The van der Waals surface area contributed by atoms with E-state index in [-0.39, 0.29) is 5.82 Å². The van der Waals surface area contributed by atoms with Crippen molar-refractivity contribution in [3.63, 3.8) is 0 Å². The van der Waals surface area contributed by atoms with Crippen LogP contribution in [0.4, 0.5) is 8.78 Å². The Hall–Kier alpha value is -1.18. The van der Waals surface area contributed by atoms with E-state index in [0.29, 0.717) is 12.8 Å². The minimum Gasteiger partial charge on any atom is -0.244 e. The maximum absolute atomic E-state index is 14.1. The molecule has 0 aliphatic heterocycles. The molecule has 1 atom stereocenters. The fourth-order valence-electron chi connectivity index (χ4n) is 2.83. The van der Waals surface area contributed by atoms with Gasteiger partial charge in [-0.15, -0.1) is 0 Å². The maximum Gasteiger partial charge on any atom is 0.123 e. The molecular weight excluding hydrogens is 230 g/mol. The van der Waals surface area contributed by atoms with E-state index in [9.17, 15) is 8.78 Å². The Morgan fingerprint density at radius 1 is 1.33 bits per heavy atom. The van der Waals surface area contributed by atoms with Crippen LogP contribution in [0.2, 0.25) is 0 Å². The van der Waals surface area contributed by atoms with Gasteiger partial charge in [-0.3, -0.25) is 0 Å². The van der Waals surface area contributed by atoms with Gasteiger partial charge >= 0.3 is 0 Å². The Morgan fingerprint density at radius 3 is 2.67 bits per heavy atom. The number of aryl methyl sites for hydroxylation is 1. The number of benzene rings is 1. The molecule has 0 fully saturated rings. The zero-order chi connectivity index (χ0) is 13.3. The summed E-state index contributed by atoms with van der Waals surface area (Å²) in [6, 6.07) is 4.88. The average Bonchev–Trinajstić information content (AvgIpc) is 2.29. The SMILES string of the molecule is CCC1=C(c2ccc(F)cc2C)CCC(C)(F)C1. The lowest BCUT2D eigenvalue weighted by atomic mass is 9.78. The second kappa shape index (κ2) is 4.83. The quantitative estimate of drug-likeness (QED) is 0.676. The lowest BCUT2D eigenvalue weighted by molar-refractivity contribution is 0.170. The van der Waals surface area contributed by atoms with Crippen LogP contribution < -0.4 is 0 Å². The number of rotatable bonds is 2. The molecule has 1 unspecified atom stereocenters. The van der Waals surface area contributed by atoms with Gasteiger partial charge in [0.05, 0.1) is 0 Å². The van der Waals surface area contributed by atoms with Crippen LogP contribution >= 0.6 is 0 Å². The molecule has 1 aromatic carbocycles. The summed E-state index contributed by atoms with van der Waals surface area (Å²) in [5.74, 6) is -0.207. The molecule has 2 heteroatoms. The van der Waals surface area contributed by atoms with E-state index in [0.717, 1.165) is 24.0 Å². The number of halogens is 2. The highest BCUT2D eigenvalue weighted by atomic mass is 19.1. The standard InChI is InChI=1S/C16H20F2/c1-4-12-10-16(3,18)8-7-15(12)14-6-5-13(17)9-11(14)2/h5-6,9H,4,7-8,10H2,1-3H3. The van der Waals surface area contributed by atoms with Crippen molar-refractivity contribution in [3.05, 3.63) is 40.7 Å². The lowest BCUT2D eigenvalue weighted by Crippen LogP contribution is -2.23. The summed E-state index contributed by atoms with van der Waals surface area (Å²) >= 11 is 0. The minimum absolute atomic E-state index is 0.207. The summed E-state index contributed by atoms with van der Waals surface area (Å²) < 4.78 is 27.2. The van der Waals surface area contributed by atoms with Gasteiger partial charge in [0, 0.05) is 6.42 Å². The Bertz CT molecular complexity index is 484. The van der Waals surface area contributed by atoms with Crippen LogP contribution in [0.3, 0.4) is 0 Å². The van der Waals surface area contributed by atoms with Gasteiger partial charge in [-0.25, -0.2) is 8.78 Å². The molecule has 0 radical (unpaired) electrons. The van der Waals surface area contributed by atoms with Gasteiger partial charge in [0.1, 0.15) is 11.5 Å². The van der Waals surface area contributed by atoms with E-state index in [1.165, 1.54) is 17.2 Å². The van der Waals surface area contributed by atoms with Crippen LogP contribution in [-0.4, -0.2) is 5.67 Å². The summed E-state index contributed by atoms with van der Waals surface area (Å²) in [7, 11) is 0. The maximum atomic E-state index is 14.1. The third-order valence-corrected chi connectivity index (χ3v) is 3.85. The molecule has 0 saturated carbocycles.